The highest BCUT2D eigenvalue weighted by molar-refractivity contribution is 6.04. The summed E-state index contributed by atoms with van der Waals surface area (Å²) in [5.74, 6) is 2.84. The van der Waals surface area contributed by atoms with Crippen LogP contribution in [0.2, 0.25) is 0 Å². The molecule has 4 rings (SSSR count). The zero-order valence-corrected chi connectivity index (χ0v) is 22.2. The normalized spacial score (nSPS) is 29.0. The Morgan fingerprint density at radius 3 is 2.19 bits per heavy atom. The molecule has 4 atom stereocenters. The van der Waals surface area contributed by atoms with Crippen molar-refractivity contribution in [3.63, 3.8) is 0 Å². The number of benzene rings is 2. The maximum Gasteiger partial charge on any atom is 0.165 e. The van der Waals surface area contributed by atoms with Crippen molar-refractivity contribution in [2.45, 2.75) is 52.1 Å². The van der Waals surface area contributed by atoms with Crippen LogP contribution in [0, 0.1) is 16.7 Å². The first kappa shape index (κ1) is 26.1. The minimum absolute atomic E-state index is 0.0565. The van der Waals surface area contributed by atoms with Crippen LogP contribution in [0.4, 0.5) is 0 Å². The molecule has 0 aromatic heterocycles. The van der Waals surface area contributed by atoms with Gasteiger partial charge in [0.2, 0.25) is 0 Å². The minimum Gasteiger partial charge on any atom is -0.497 e. The molecule has 2 aromatic rings. The van der Waals surface area contributed by atoms with Gasteiger partial charge in [-0.25, -0.2) is 0 Å². The lowest BCUT2D eigenvalue weighted by Gasteiger charge is -2.56. The van der Waals surface area contributed by atoms with Crippen molar-refractivity contribution in [2.75, 3.05) is 28.4 Å². The van der Waals surface area contributed by atoms with Crippen LogP contribution in [0.3, 0.4) is 0 Å². The van der Waals surface area contributed by atoms with E-state index in [2.05, 4.69) is 13.8 Å². The zero-order chi connectivity index (χ0) is 26.1. The maximum absolute atomic E-state index is 14.3. The molecule has 2 unspecified atom stereocenters. The summed E-state index contributed by atoms with van der Waals surface area (Å²) in [4.78, 5) is 14.3. The van der Waals surface area contributed by atoms with Gasteiger partial charge in [-0.2, -0.15) is 0 Å². The Bertz CT molecular complexity index is 1130. The van der Waals surface area contributed by atoms with Crippen molar-refractivity contribution in [3.8, 4) is 23.0 Å². The number of methoxy groups -OCH3 is 4. The van der Waals surface area contributed by atoms with Crippen LogP contribution in [0.25, 0.3) is 6.08 Å². The smallest absolute Gasteiger partial charge is 0.165 e. The van der Waals surface area contributed by atoms with Crippen LogP contribution in [0.1, 0.15) is 50.7 Å². The highest BCUT2D eigenvalue weighted by atomic mass is 16.5. The first-order chi connectivity index (χ1) is 17.2. The summed E-state index contributed by atoms with van der Waals surface area (Å²) in [7, 11) is 6.46. The monoisotopic (exact) mass is 494 g/mol. The number of hydrogen-bond acceptors (Lipinski definition) is 6. The predicted molar refractivity (Wildman–Crippen MR) is 140 cm³/mol. The largest absolute Gasteiger partial charge is 0.497 e. The third-order valence-corrected chi connectivity index (χ3v) is 8.41. The van der Waals surface area contributed by atoms with E-state index >= 15 is 0 Å². The molecule has 2 aliphatic rings. The van der Waals surface area contributed by atoms with Crippen molar-refractivity contribution >= 4 is 11.9 Å². The van der Waals surface area contributed by atoms with Gasteiger partial charge in [-0.05, 0) is 78.6 Å². The molecular formula is C30H38O6. The molecule has 2 saturated carbocycles. The highest BCUT2D eigenvalue weighted by Crippen LogP contribution is 2.59. The minimum atomic E-state index is -0.686. The molecule has 0 aliphatic heterocycles. The topological polar surface area (TPSA) is 74.2 Å². The number of carbonyl (C=O) groups is 1. The van der Waals surface area contributed by atoms with E-state index in [0.717, 1.165) is 36.0 Å². The fourth-order valence-corrected chi connectivity index (χ4v) is 6.57. The van der Waals surface area contributed by atoms with Crippen molar-refractivity contribution in [3.05, 3.63) is 53.1 Å². The van der Waals surface area contributed by atoms with Crippen LogP contribution in [-0.4, -0.2) is 45.4 Å². The quantitative estimate of drug-likeness (QED) is 0.513. The molecule has 36 heavy (non-hydrogen) atoms. The molecule has 1 N–H and O–H groups in total. The van der Waals surface area contributed by atoms with E-state index in [4.69, 9.17) is 18.9 Å². The standard InChI is InChI=1S/C30H38O6/c1-29-18-21(12-19-10-11-24(35-5)25(15-19)36-6)28(32)30(2,26(29)8-7-9-27(29)31)17-20-13-22(33-3)16-23(14-20)34-4/h10-16,26-27,31H,7-9,17-18H2,1-6H3/t26?,27-,29-,30?/m0/s1. The Hall–Kier alpha value is -2.99. The molecule has 0 bridgehead atoms. The van der Waals surface area contributed by atoms with Crippen LogP contribution in [-0.2, 0) is 11.2 Å². The van der Waals surface area contributed by atoms with E-state index in [9.17, 15) is 9.90 Å². The van der Waals surface area contributed by atoms with Crippen molar-refractivity contribution in [1.29, 1.82) is 0 Å². The number of hydrogen-bond donors (Lipinski definition) is 1. The summed E-state index contributed by atoms with van der Waals surface area (Å²) >= 11 is 0. The van der Waals surface area contributed by atoms with Gasteiger partial charge in [0, 0.05) is 16.9 Å². The maximum atomic E-state index is 14.3. The molecule has 6 heteroatoms. The second kappa shape index (κ2) is 10.2. The number of aliphatic hydroxyl groups excluding tert-OH is 1. The van der Waals surface area contributed by atoms with E-state index in [1.54, 1.807) is 28.4 Å². The number of rotatable bonds is 7. The molecule has 194 valence electrons. The van der Waals surface area contributed by atoms with Gasteiger partial charge < -0.3 is 24.1 Å². The summed E-state index contributed by atoms with van der Waals surface area (Å²) in [6.07, 6.45) is 5.17. The van der Waals surface area contributed by atoms with Gasteiger partial charge in [0.1, 0.15) is 11.5 Å². The Balaban J connectivity index is 1.80. The SMILES string of the molecule is COc1cc(CC2(C)C(=O)C(=Cc3ccc(OC)c(OC)c3)C[C@@]3(C)C2CCC[C@@H]3O)cc(OC)c1. The summed E-state index contributed by atoms with van der Waals surface area (Å²) in [6.45, 7) is 4.23. The number of fused-ring (bicyclic) bond motifs is 1. The molecule has 0 heterocycles. The second-order valence-corrected chi connectivity index (χ2v) is 10.6. The van der Waals surface area contributed by atoms with Gasteiger partial charge in [0.25, 0.3) is 0 Å². The van der Waals surface area contributed by atoms with Crippen LogP contribution in [0.5, 0.6) is 23.0 Å². The lowest BCUT2D eigenvalue weighted by atomic mass is 9.47. The molecule has 0 spiro atoms. The van der Waals surface area contributed by atoms with Crippen molar-refractivity contribution in [2.24, 2.45) is 16.7 Å². The zero-order valence-electron chi connectivity index (χ0n) is 22.2. The number of aliphatic hydroxyl groups is 1. The average molecular weight is 495 g/mol. The lowest BCUT2D eigenvalue weighted by Crippen LogP contribution is -2.57. The fraction of sp³-hybridized carbons (Fsp3) is 0.500. The summed E-state index contributed by atoms with van der Waals surface area (Å²) < 4.78 is 21.8. The molecule has 2 fully saturated rings. The third kappa shape index (κ3) is 4.59. The van der Waals surface area contributed by atoms with E-state index < -0.39 is 16.9 Å². The Morgan fingerprint density at radius 1 is 0.917 bits per heavy atom. The number of allylic oxidation sites excluding steroid dienone is 1. The van der Waals surface area contributed by atoms with Gasteiger partial charge in [0.05, 0.1) is 34.5 Å². The molecular weight excluding hydrogens is 456 g/mol. The number of ether oxygens (including phenoxy) is 4. The molecule has 0 amide bonds. The average Bonchev–Trinajstić information content (AvgIpc) is 2.88. The second-order valence-electron chi connectivity index (χ2n) is 10.6. The van der Waals surface area contributed by atoms with E-state index in [-0.39, 0.29) is 11.7 Å². The van der Waals surface area contributed by atoms with E-state index in [1.165, 1.54) is 0 Å². The van der Waals surface area contributed by atoms with Gasteiger partial charge in [0.15, 0.2) is 17.3 Å². The molecule has 2 aromatic carbocycles. The fourth-order valence-electron chi connectivity index (χ4n) is 6.57. The number of Topliss-reactive ketones (excluding diaryl/α,β-unsaturated/α-hetero) is 1. The van der Waals surface area contributed by atoms with E-state index in [1.807, 2.05) is 42.5 Å². The Labute approximate surface area is 214 Å². The third-order valence-electron chi connectivity index (χ3n) is 8.41. The van der Waals surface area contributed by atoms with Crippen molar-refractivity contribution < 1.29 is 28.8 Å². The van der Waals surface area contributed by atoms with Gasteiger partial charge in [-0.15, -0.1) is 0 Å². The molecule has 2 aliphatic carbocycles. The van der Waals surface area contributed by atoms with Gasteiger partial charge in [-0.3, -0.25) is 4.79 Å². The molecule has 6 nitrogen and oxygen atoms in total. The van der Waals surface area contributed by atoms with Gasteiger partial charge in [-0.1, -0.05) is 26.3 Å². The summed E-state index contributed by atoms with van der Waals surface area (Å²) in [6, 6.07) is 11.5. The van der Waals surface area contributed by atoms with E-state index in [0.29, 0.717) is 35.8 Å². The van der Waals surface area contributed by atoms with Crippen LogP contribution >= 0.6 is 0 Å². The summed E-state index contributed by atoms with van der Waals surface area (Å²) in [5, 5.41) is 11.2. The summed E-state index contributed by atoms with van der Waals surface area (Å²) in [5.41, 5.74) is 1.50. The first-order valence-electron chi connectivity index (χ1n) is 12.6. The molecule has 0 saturated heterocycles. The number of carbonyl (C=O) groups excluding carboxylic acids is 1. The highest BCUT2D eigenvalue weighted by Gasteiger charge is 2.58. The van der Waals surface area contributed by atoms with Crippen molar-refractivity contribution in [1.82, 2.24) is 0 Å². The Kier molecular flexibility index (Phi) is 7.37. The van der Waals surface area contributed by atoms with Gasteiger partial charge >= 0.3 is 0 Å². The number of ketones is 1. The first-order valence-corrected chi connectivity index (χ1v) is 12.6. The van der Waals surface area contributed by atoms with Crippen LogP contribution < -0.4 is 18.9 Å². The molecule has 0 radical (unpaired) electrons. The van der Waals surface area contributed by atoms with Crippen LogP contribution in [0.15, 0.2) is 42.0 Å². The lowest BCUT2D eigenvalue weighted by molar-refractivity contribution is -0.148. The predicted octanol–water partition coefficient (Wildman–Crippen LogP) is 5.49. The Morgan fingerprint density at radius 2 is 1.58 bits per heavy atom.